The van der Waals surface area contributed by atoms with E-state index >= 15 is 0 Å². The fraction of sp³-hybridized carbons (Fsp3) is 0.688. The van der Waals surface area contributed by atoms with Gasteiger partial charge in [0.1, 0.15) is 11.6 Å². The highest BCUT2D eigenvalue weighted by Gasteiger charge is 2.22. The van der Waals surface area contributed by atoms with Crippen LogP contribution in [0.25, 0.3) is 0 Å². The first-order valence-electron chi connectivity index (χ1n) is 8.29. The molecule has 6 nitrogen and oxygen atoms in total. The van der Waals surface area contributed by atoms with Crippen LogP contribution in [0.5, 0.6) is 0 Å². The van der Waals surface area contributed by atoms with Crippen LogP contribution in [0.15, 0.2) is 12.1 Å². The van der Waals surface area contributed by atoms with E-state index < -0.39 is 0 Å². The molecule has 6 heteroatoms. The molecule has 3 rings (SSSR count). The maximum atomic E-state index is 6.21. The van der Waals surface area contributed by atoms with Crippen molar-refractivity contribution in [3.05, 3.63) is 17.7 Å². The first-order chi connectivity index (χ1) is 10.7. The number of rotatable bonds is 4. The third-order valence-corrected chi connectivity index (χ3v) is 4.57. The molecule has 1 saturated heterocycles. The van der Waals surface area contributed by atoms with Crippen molar-refractivity contribution < 1.29 is 4.74 Å². The summed E-state index contributed by atoms with van der Waals surface area (Å²) in [4.78, 5) is 6.81. The topological polar surface area (TPSA) is 89.4 Å². The van der Waals surface area contributed by atoms with E-state index in [2.05, 4.69) is 21.3 Å². The van der Waals surface area contributed by atoms with E-state index in [0.29, 0.717) is 11.9 Å². The molecule has 2 heterocycles. The average molecular weight is 305 g/mol. The summed E-state index contributed by atoms with van der Waals surface area (Å²) < 4.78 is 5.39. The molecule has 1 aliphatic carbocycles. The Morgan fingerprint density at radius 2 is 2.00 bits per heavy atom. The summed E-state index contributed by atoms with van der Waals surface area (Å²) >= 11 is 0. The molecule has 2 fully saturated rings. The van der Waals surface area contributed by atoms with Gasteiger partial charge < -0.3 is 21.5 Å². The largest absolute Gasteiger partial charge is 0.384 e. The lowest BCUT2D eigenvalue weighted by Crippen LogP contribution is -2.42. The van der Waals surface area contributed by atoms with Gasteiger partial charge in [-0.25, -0.2) is 4.98 Å². The highest BCUT2D eigenvalue weighted by atomic mass is 16.5. The van der Waals surface area contributed by atoms with Crippen molar-refractivity contribution in [1.29, 1.82) is 0 Å². The van der Waals surface area contributed by atoms with Gasteiger partial charge in [0.05, 0.1) is 13.2 Å². The maximum absolute atomic E-state index is 6.21. The third kappa shape index (κ3) is 4.09. The number of pyridine rings is 1. The van der Waals surface area contributed by atoms with E-state index in [-0.39, 0.29) is 6.04 Å². The third-order valence-electron chi connectivity index (χ3n) is 4.57. The van der Waals surface area contributed by atoms with Crippen LogP contribution in [0.3, 0.4) is 0 Å². The van der Waals surface area contributed by atoms with Gasteiger partial charge in [-0.1, -0.05) is 12.8 Å². The van der Waals surface area contributed by atoms with Crippen LogP contribution in [0, 0.1) is 0 Å². The zero-order valence-corrected chi connectivity index (χ0v) is 13.1. The summed E-state index contributed by atoms with van der Waals surface area (Å²) in [6, 6.07) is 4.58. The maximum Gasteiger partial charge on any atom is 0.128 e. The minimum Gasteiger partial charge on any atom is -0.384 e. The number of anilines is 2. The van der Waals surface area contributed by atoms with Crippen molar-refractivity contribution in [2.45, 2.75) is 44.3 Å². The molecule has 22 heavy (non-hydrogen) atoms. The summed E-state index contributed by atoms with van der Waals surface area (Å²) in [5.41, 5.74) is 13.4. The van der Waals surface area contributed by atoms with E-state index in [1.165, 1.54) is 18.4 Å². The molecule has 0 bridgehead atoms. The van der Waals surface area contributed by atoms with Crippen LogP contribution in [0.4, 0.5) is 11.6 Å². The molecule has 2 atom stereocenters. The zero-order valence-electron chi connectivity index (χ0n) is 13.1. The van der Waals surface area contributed by atoms with Crippen LogP contribution < -0.4 is 16.8 Å². The summed E-state index contributed by atoms with van der Waals surface area (Å²) in [6.45, 7) is 4.45. The number of nitrogens with two attached hydrogens (primary N) is 2. The number of ether oxygens (including phenoxy) is 1. The second-order valence-electron chi connectivity index (χ2n) is 6.37. The number of morpholine rings is 1. The molecule has 0 aromatic carbocycles. The fourth-order valence-electron chi connectivity index (χ4n) is 3.32. The molecule has 0 radical (unpaired) electrons. The van der Waals surface area contributed by atoms with Crippen LogP contribution in [0.2, 0.25) is 0 Å². The van der Waals surface area contributed by atoms with E-state index in [4.69, 9.17) is 16.2 Å². The van der Waals surface area contributed by atoms with E-state index in [0.717, 1.165) is 51.5 Å². The summed E-state index contributed by atoms with van der Waals surface area (Å²) in [7, 11) is 0. The molecule has 122 valence electrons. The number of aromatic nitrogens is 1. The molecule has 1 aromatic heterocycles. The Kier molecular flexibility index (Phi) is 5.12. The second-order valence-corrected chi connectivity index (χ2v) is 6.37. The van der Waals surface area contributed by atoms with E-state index in [1.54, 1.807) is 0 Å². The van der Waals surface area contributed by atoms with Gasteiger partial charge in [-0.2, -0.15) is 0 Å². The molecule has 1 saturated carbocycles. The number of hydrogen-bond donors (Lipinski definition) is 3. The van der Waals surface area contributed by atoms with Gasteiger partial charge in [0.25, 0.3) is 0 Å². The normalized spacial score (nSPS) is 26.8. The summed E-state index contributed by atoms with van der Waals surface area (Å²) in [6.07, 6.45) is 4.65. The Bertz CT molecular complexity index is 489. The first kappa shape index (κ1) is 15.5. The molecule has 0 unspecified atom stereocenters. The fourth-order valence-corrected chi connectivity index (χ4v) is 3.32. The lowest BCUT2D eigenvalue weighted by Gasteiger charge is -2.30. The van der Waals surface area contributed by atoms with Gasteiger partial charge in [-0.15, -0.1) is 0 Å². The molecule has 1 aromatic rings. The first-order valence-corrected chi connectivity index (χ1v) is 8.29. The van der Waals surface area contributed by atoms with Crippen molar-refractivity contribution in [2.75, 3.05) is 37.4 Å². The number of nitrogens with one attached hydrogen (secondary N) is 1. The predicted octanol–water partition coefficient (Wildman–Crippen LogP) is 1.18. The quantitative estimate of drug-likeness (QED) is 0.774. The lowest BCUT2D eigenvalue weighted by atomic mass is 9.91. The predicted molar refractivity (Wildman–Crippen MR) is 88.6 cm³/mol. The van der Waals surface area contributed by atoms with Crippen molar-refractivity contribution in [2.24, 2.45) is 5.73 Å². The summed E-state index contributed by atoms with van der Waals surface area (Å²) in [5.74, 6) is 1.42. The van der Waals surface area contributed by atoms with Gasteiger partial charge in [0.15, 0.2) is 0 Å². The average Bonchev–Trinajstić information content (AvgIpc) is 2.50. The van der Waals surface area contributed by atoms with Crippen LogP contribution in [-0.2, 0) is 11.3 Å². The molecular formula is C16H27N5O. The van der Waals surface area contributed by atoms with Gasteiger partial charge in [-0.05, 0) is 30.5 Å². The molecule has 1 aliphatic heterocycles. The summed E-state index contributed by atoms with van der Waals surface area (Å²) in [5, 5.41) is 3.49. The minimum absolute atomic E-state index is 0.208. The second kappa shape index (κ2) is 7.26. The highest BCUT2D eigenvalue weighted by Crippen LogP contribution is 2.22. The molecular weight excluding hydrogens is 278 g/mol. The van der Waals surface area contributed by atoms with Gasteiger partial charge >= 0.3 is 0 Å². The Hall–Kier alpha value is -1.37. The van der Waals surface area contributed by atoms with Crippen molar-refractivity contribution in [3.63, 3.8) is 0 Å². The van der Waals surface area contributed by atoms with Gasteiger partial charge in [-0.3, -0.25) is 4.90 Å². The Morgan fingerprint density at radius 3 is 2.77 bits per heavy atom. The van der Waals surface area contributed by atoms with Crippen LogP contribution in [-0.4, -0.2) is 48.3 Å². The Balaban J connectivity index is 1.66. The van der Waals surface area contributed by atoms with Crippen molar-refractivity contribution >= 4 is 11.6 Å². The van der Waals surface area contributed by atoms with Crippen molar-refractivity contribution in [3.8, 4) is 0 Å². The van der Waals surface area contributed by atoms with Gasteiger partial charge in [0, 0.05) is 31.7 Å². The smallest absolute Gasteiger partial charge is 0.128 e. The molecule has 2 aliphatic rings. The lowest BCUT2D eigenvalue weighted by molar-refractivity contribution is 0.0342. The van der Waals surface area contributed by atoms with Crippen molar-refractivity contribution in [1.82, 2.24) is 9.88 Å². The monoisotopic (exact) mass is 305 g/mol. The number of hydrogen-bond acceptors (Lipinski definition) is 6. The Morgan fingerprint density at radius 1 is 1.23 bits per heavy atom. The molecule has 0 amide bonds. The Labute approximate surface area is 132 Å². The van der Waals surface area contributed by atoms with E-state index in [9.17, 15) is 0 Å². The van der Waals surface area contributed by atoms with Gasteiger partial charge in [0.2, 0.25) is 0 Å². The zero-order chi connectivity index (χ0) is 15.4. The van der Waals surface area contributed by atoms with Crippen LogP contribution in [0.1, 0.15) is 31.2 Å². The number of nitrogens with zero attached hydrogens (tertiary/aromatic N) is 2. The van der Waals surface area contributed by atoms with E-state index in [1.807, 2.05) is 6.07 Å². The highest BCUT2D eigenvalue weighted by molar-refractivity contribution is 5.47. The van der Waals surface area contributed by atoms with Crippen LogP contribution >= 0.6 is 0 Å². The standard InChI is InChI=1S/C16H27N5O/c17-13-3-1-2-4-14(13)19-16-10-12(9-15(18)20-16)11-21-5-7-22-8-6-21/h9-10,13-14H,1-8,11,17H2,(H3,18,19,20)/t13-,14+/m0/s1. The SMILES string of the molecule is Nc1cc(CN2CCOCC2)cc(N[C@@H]2CCCC[C@@H]2N)n1. The minimum atomic E-state index is 0.208. The molecule has 5 N–H and O–H groups in total. The number of nitrogen functional groups attached to an aromatic ring is 1. The molecule has 0 spiro atoms.